The van der Waals surface area contributed by atoms with Gasteiger partial charge < -0.3 is 9.80 Å². The molecule has 1 heterocycles. The van der Waals surface area contributed by atoms with Gasteiger partial charge in [-0.3, -0.25) is 0 Å². The average Bonchev–Trinajstić information content (AvgIpc) is 2.47. The van der Waals surface area contributed by atoms with Crippen LogP contribution in [0.15, 0.2) is 42.2 Å². The maximum Gasteiger partial charge on any atom is 0.0896 e. The Balaban J connectivity index is 2.03. The average molecular weight is 188 g/mol. The Morgan fingerprint density at radius 1 is 1.21 bits per heavy atom. The zero-order valence-electron chi connectivity index (χ0n) is 8.77. The molecule has 2 rings (SSSR count). The molecule has 2 nitrogen and oxygen atoms in total. The maximum atomic E-state index is 2.37. The molecule has 0 aromatic heterocycles. The molecule has 0 aliphatic carbocycles. The van der Waals surface area contributed by atoms with Crippen molar-refractivity contribution in [3.8, 4) is 0 Å². The lowest BCUT2D eigenvalue weighted by Crippen LogP contribution is -2.23. The molecule has 0 saturated carbocycles. The zero-order valence-corrected chi connectivity index (χ0v) is 8.77. The van der Waals surface area contributed by atoms with Crippen molar-refractivity contribution in [2.75, 3.05) is 13.7 Å². The summed E-state index contributed by atoms with van der Waals surface area (Å²) in [6.45, 7) is 4.17. The quantitative estimate of drug-likeness (QED) is 0.702. The molecular formula is C12H16N2. The van der Waals surface area contributed by atoms with Crippen LogP contribution < -0.4 is 0 Å². The minimum absolute atomic E-state index is 1.00. The number of benzene rings is 1. The van der Waals surface area contributed by atoms with Crippen LogP contribution in [0.2, 0.25) is 0 Å². The van der Waals surface area contributed by atoms with Crippen LogP contribution in [0.1, 0.15) is 12.5 Å². The van der Waals surface area contributed by atoms with Crippen LogP contribution in [0, 0.1) is 0 Å². The van der Waals surface area contributed by atoms with E-state index >= 15 is 0 Å². The molecule has 0 bridgehead atoms. The molecule has 1 aliphatic heterocycles. The van der Waals surface area contributed by atoms with Gasteiger partial charge in [0.1, 0.15) is 0 Å². The van der Waals surface area contributed by atoms with Gasteiger partial charge in [0.05, 0.1) is 6.67 Å². The molecule has 0 spiro atoms. The van der Waals surface area contributed by atoms with E-state index in [0.717, 1.165) is 13.2 Å². The van der Waals surface area contributed by atoms with E-state index in [0.29, 0.717) is 0 Å². The smallest absolute Gasteiger partial charge is 0.0896 e. The molecule has 0 unspecified atom stereocenters. The molecular weight excluding hydrogens is 172 g/mol. The Labute approximate surface area is 85.4 Å². The van der Waals surface area contributed by atoms with Gasteiger partial charge in [0.15, 0.2) is 0 Å². The lowest BCUT2D eigenvalue weighted by molar-refractivity contribution is 0.277. The van der Waals surface area contributed by atoms with Gasteiger partial charge in [0.2, 0.25) is 0 Å². The van der Waals surface area contributed by atoms with Crippen molar-refractivity contribution < 1.29 is 0 Å². The summed E-state index contributed by atoms with van der Waals surface area (Å²) < 4.78 is 0. The van der Waals surface area contributed by atoms with Gasteiger partial charge in [0, 0.05) is 25.5 Å². The predicted molar refractivity (Wildman–Crippen MR) is 58.4 cm³/mol. The third-order valence-electron chi connectivity index (χ3n) is 2.52. The molecule has 0 N–H and O–H groups in total. The van der Waals surface area contributed by atoms with Crippen LogP contribution in [0.25, 0.3) is 0 Å². The van der Waals surface area contributed by atoms with Crippen LogP contribution in [0.4, 0.5) is 0 Å². The first-order chi connectivity index (χ1) is 6.75. The molecule has 1 aromatic rings. The fourth-order valence-corrected chi connectivity index (χ4v) is 1.80. The van der Waals surface area contributed by atoms with Gasteiger partial charge >= 0.3 is 0 Å². The minimum Gasteiger partial charge on any atom is -0.361 e. The topological polar surface area (TPSA) is 6.48 Å². The van der Waals surface area contributed by atoms with E-state index in [1.54, 1.807) is 0 Å². The summed E-state index contributed by atoms with van der Waals surface area (Å²) in [5, 5.41) is 0. The summed E-state index contributed by atoms with van der Waals surface area (Å²) in [4.78, 5) is 4.58. The summed E-state index contributed by atoms with van der Waals surface area (Å²) in [5.41, 5.74) is 2.71. The highest BCUT2D eigenvalue weighted by Gasteiger charge is 2.14. The highest BCUT2D eigenvalue weighted by Crippen LogP contribution is 2.16. The number of hydrogen-bond donors (Lipinski definition) is 0. The lowest BCUT2D eigenvalue weighted by atomic mass is 10.2. The molecule has 14 heavy (non-hydrogen) atoms. The van der Waals surface area contributed by atoms with Gasteiger partial charge in [-0.15, -0.1) is 0 Å². The molecule has 0 saturated heterocycles. The largest absolute Gasteiger partial charge is 0.361 e. The Hall–Kier alpha value is -1.44. The van der Waals surface area contributed by atoms with Crippen LogP contribution in [0.5, 0.6) is 0 Å². The molecule has 0 radical (unpaired) electrons. The summed E-state index contributed by atoms with van der Waals surface area (Å²) in [7, 11) is 2.11. The van der Waals surface area contributed by atoms with E-state index < -0.39 is 0 Å². The first-order valence-corrected chi connectivity index (χ1v) is 4.93. The second-order valence-corrected chi connectivity index (χ2v) is 3.85. The van der Waals surface area contributed by atoms with Crippen LogP contribution in [0.3, 0.4) is 0 Å². The van der Waals surface area contributed by atoms with E-state index in [1.165, 1.54) is 11.3 Å². The molecule has 2 heteroatoms. The van der Waals surface area contributed by atoms with Gasteiger partial charge in [0.25, 0.3) is 0 Å². The van der Waals surface area contributed by atoms with E-state index in [4.69, 9.17) is 0 Å². The Morgan fingerprint density at radius 3 is 2.50 bits per heavy atom. The van der Waals surface area contributed by atoms with E-state index in [9.17, 15) is 0 Å². The second kappa shape index (κ2) is 3.74. The van der Waals surface area contributed by atoms with Gasteiger partial charge in [-0.05, 0) is 12.5 Å². The maximum absolute atomic E-state index is 2.37. The van der Waals surface area contributed by atoms with Crippen molar-refractivity contribution in [1.29, 1.82) is 0 Å². The van der Waals surface area contributed by atoms with Crippen molar-refractivity contribution in [2.45, 2.75) is 13.5 Å². The highest BCUT2D eigenvalue weighted by molar-refractivity contribution is 5.16. The van der Waals surface area contributed by atoms with Crippen molar-refractivity contribution in [2.24, 2.45) is 0 Å². The van der Waals surface area contributed by atoms with Crippen molar-refractivity contribution >= 4 is 0 Å². The van der Waals surface area contributed by atoms with Gasteiger partial charge in [-0.1, -0.05) is 30.3 Å². The molecule has 0 amide bonds. The summed E-state index contributed by atoms with van der Waals surface area (Å²) in [5.74, 6) is 0. The SMILES string of the molecule is CC1=CN(C)CN1Cc1ccccc1. The van der Waals surface area contributed by atoms with Crippen molar-refractivity contribution in [3.05, 3.63) is 47.8 Å². The predicted octanol–water partition coefficient (Wildman–Crippen LogP) is 2.25. The number of allylic oxidation sites excluding steroid dienone is 1. The minimum atomic E-state index is 1.00. The van der Waals surface area contributed by atoms with Gasteiger partial charge in [-0.25, -0.2) is 0 Å². The first-order valence-electron chi connectivity index (χ1n) is 4.93. The fraction of sp³-hybridized carbons (Fsp3) is 0.333. The Morgan fingerprint density at radius 2 is 1.93 bits per heavy atom. The monoisotopic (exact) mass is 188 g/mol. The summed E-state index contributed by atoms with van der Waals surface area (Å²) in [6.07, 6.45) is 2.18. The Kier molecular flexibility index (Phi) is 2.44. The number of rotatable bonds is 2. The standard InChI is InChI=1S/C12H16N2/c1-11-8-13(2)10-14(11)9-12-6-4-3-5-7-12/h3-8H,9-10H2,1-2H3. The normalized spacial score (nSPS) is 16.0. The molecule has 74 valence electrons. The third kappa shape index (κ3) is 1.90. The summed E-state index contributed by atoms with van der Waals surface area (Å²) >= 11 is 0. The zero-order chi connectivity index (χ0) is 9.97. The lowest BCUT2D eigenvalue weighted by Gasteiger charge is -2.20. The number of nitrogens with zero attached hydrogens (tertiary/aromatic N) is 2. The van der Waals surface area contributed by atoms with Gasteiger partial charge in [-0.2, -0.15) is 0 Å². The molecule has 1 aliphatic rings. The van der Waals surface area contributed by atoms with Crippen molar-refractivity contribution in [3.63, 3.8) is 0 Å². The molecule has 0 atom stereocenters. The molecule has 0 fully saturated rings. The van der Waals surface area contributed by atoms with E-state index in [1.807, 2.05) is 0 Å². The van der Waals surface area contributed by atoms with E-state index in [-0.39, 0.29) is 0 Å². The van der Waals surface area contributed by atoms with Crippen LogP contribution in [-0.4, -0.2) is 23.5 Å². The van der Waals surface area contributed by atoms with Crippen LogP contribution >= 0.6 is 0 Å². The second-order valence-electron chi connectivity index (χ2n) is 3.85. The van der Waals surface area contributed by atoms with E-state index in [2.05, 4.69) is 60.3 Å². The Bertz CT molecular complexity index is 329. The third-order valence-corrected chi connectivity index (χ3v) is 2.52. The molecule has 1 aromatic carbocycles. The fourth-order valence-electron chi connectivity index (χ4n) is 1.80. The summed E-state index contributed by atoms with van der Waals surface area (Å²) in [6, 6.07) is 10.6. The highest BCUT2D eigenvalue weighted by atomic mass is 15.3. The number of hydrogen-bond acceptors (Lipinski definition) is 2. The van der Waals surface area contributed by atoms with Crippen LogP contribution in [-0.2, 0) is 6.54 Å². The first kappa shape index (κ1) is 9.13. The van der Waals surface area contributed by atoms with Crippen molar-refractivity contribution in [1.82, 2.24) is 9.80 Å².